The van der Waals surface area contributed by atoms with Crippen molar-refractivity contribution in [1.82, 2.24) is 14.9 Å². The lowest BCUT2D eigenvalue weighted by atomic mass is 9.79. The number of nitrogens with zero attached hydrogens (tertiary/aromatic N) is 2. The lowest BCUT2D eigenvalue weighted by molar-refractivity contribution is -0.183. The third-order valence-corrected chi connectivity index (χ3v) is 8.87. The summed E-state index contributed by atoms with van der Waals surface area (Å²) >= 11 is -1.03. The number of alkyl halides is 3. The minimum Gasteiger partial charge on any atom is -0.611 e. The molecule has 5 rings (SSSR count). The van der Waals surface area contributed by atoms with E-state index in [0.29, 0.717) is 29.2 Å². The van der Waals surface area contributed by atoms with Crippen molar-refractivity contribution in [1.29, 1.82) is 0 Å². The van der Waals surface area contributed by atoms with Gasteiger partial charge in [0.15, 0.2) is 10.7 Å². The number of nitrogens with one attached hydrogen (secondary N) is 1. The topological polar surface area (TPSA) is 87.1 Å². The number of hydrogen-bond donors (Lipinski definition) is 1. The number of amides is 1. The van der Waals surface area contributed by atoms with E-state index in [-0.39, 0.29) is 43.4 Å². The molecule has 0 radical (unpaired) electrons. The highest BCUT2D eigenvalue weighted by atomic mass is 32.2. The summed E-state index contributed by atoms with van der Waals surface area (Å²) in [7, 11) is 0. The predicted octanol–water partition coefficient (Wildman–Crippen LogP) is 5.98. The van der Waals surface area contributed by atoms with Crippen LogP contribution in [0.1, 0.15) is 78.0 Å². The Balaban J connectivity index is 1.30. The molecule has 10 heteroatoms. The minimum atomic E-state index is -4.22. The molecule has 0 saturated heterocycles. The third kappa shape index (κ3) is 5.61. The molecule has 0 bridgehead atoms. The molecular formula is C28H30F3N3O3S. The molecule has 202 valence electrons. The summed E-state index contributed by atoms with van der Waals surface area (Å²) in [6.07, 6.45) is -2.04. The Hall–Kier alpha value is -2.85. The number of carbonyl (C=O) groups is 2. The molecule has 2 aliphatic rings. The van der Waals surface area contributed by atoms with Gasteiger partial charge in [-0.1, -0.05) is 12.1 Å². The molecule has 1 unspecified atom stereocenters. The lowest BCUT2D eigenvalue weighted by Crippen LogP contribution is -2.31. The van der Waals surface area contributed by atoms with Crippen LogP contribution in [0, 0.1) is 11.8 Å². The average molecular weight is 546 g/mol. The zero-order chi connectivity index (χ0) is 27.0. The van der Waals surface area contributed by atoms with E-state index in [0.717, 1.165) is 28.8 Å². The van der Waals surface area contributed by atoms with Crippen molar-refractivity contribution in [3.05, 3.63) is 59.4 Å². The molecule has 1 atom stereocenters. The fourth-order valence-corrected chi connectivity index (χ4v) is 5.96. The monoisotopic (exact) mass is 545 g/mol. The zero-order valence-electron chi connectivity index (χ0n) is 21.1. The SMILES string of the molecule is CC[S+]([O-])c1ccc(CNC(=O)c2ccc3c(c2)nc(C(=O)C2CCC(C(F)(F)F)CC2)n3C2CC2)cc1. The maximum Gasteiger partial charge on any atom is 0.391 e. The molecule has 2 aliphatic carbocycles. The molecule has 1 aromatic heterocycles. The smallest absolute Gasteiger partial charge is 0.391 e. The van der Waals surface area contributed by atoms with Crippen molar-refractivity contribution in [2.24, 2.45) is 11.8 Å². The van der Waals surface area contributed by atoms with Crippen molar-refractivity contribution in [2.75, 3.05) is 5.75 Å². The second-order valence-corrected chi connectivity index (χ2v) is 11.9. The highest BCUT2D eigenvalue weighted by Gasteiger charge is 2.43. The first kappa shape index (κ1) is 26.7. The number of halogens is 3. The van der Waals surface area contributed by atoms with Crippen molar-refractivity contribution < 1.29 is 27.3 Å². The van der Waals surface area contributed by atoms with Crippen molar-refractivity contribution in [2.45, 2.75) is 69.1 Å². The number of hydrogen-bond acceptors (Lipinski definition) is 4. The van der Waals surface area contributed by atoms with Gasteiger partial charge < -0.3 is 14.4 Å². The van der Waals surface area contributed by atoms with Gasteiger partial charge in [0.1, 0.15) is 5.75 Å². The van der Waals surface area contributed by atoms with Crippen molar-refractivity contribution >= 4 is 33.9 Å². The molecule has 0 spiro atoms. The van der Waals surface area contributed by atoms with Crippen LogP contribution in [0.2, 0.25) is 0 Å². The maximum absolute atomic E-state index is 13.4. The van der Waals surface area contributed by atoms with Crippen LogP contribution in [0.25, 0.3) is 11.0 Å². The molecule has 2 aromatic carbocycles. The Bertz CT molecular complexity index is 1330. The van der Waals surface area contributed by atoms with Crippen LogP contribution in [-0.4, -0.2) is 37.7 Å². The number of Topliss-reactive ketones (excluding diaryl/α,β-unsaturated/α-hetero) is 1. The van der Waals surface area contributed by atoms with Gasteiger partial charge in [0, 0.05) is 24.1 Å². The second-order valence-electron chi connectivity index (χ2n) is 10.2. The first-order valence-corrected chi connectivity index (χ1v) is 14.4. The molecule has 2 fully saturated rings. The number of rotatable bonds is 8. The van der Waals surface area contributed by atoms with Gasteiger partial charge in [0.25, 0.3) is 5.91 Å². The van der Waals surface area contributed by atoms with Crippen LogP contribution in [0.3, 0.4) is 0 Å². The number of fused-ring (bicyclic) bond motifs is 1. The summed E-state index contributed by atoms with van der Waals surface area (Å²) in [4.78, 5) is 31.6. The van der Waals surface area contributed by atoms with Crippen LogP contribution in [-0.2, 0) is 17.7 Å². The highest BCUT2D eigenvalue weighted by Crippen LogP contribution is 2.42. The zero-order valence-corrected chi connectivity index (χ0v) is 21.9. The van der Waals surface area contributed by atoms with E-state index < -0.39 is 29.2 Å². The van der Waals surface area contributed by atoms with Crippen LogP contribution >= 0.6 is 0 Å². The third-order valence-electron chi connectivity index (χ3n) is 7.55. The fourth-order valence-electron chi connectivity index (χ4n) is 5.19. The minimum absolute atomic E-state index is 0.0347. The van der Waals surface area contributed by atoms with Gasteiger partial charge in [-0.15, -0.1) is 0 Å². The van der Waals surface area contributed by atoms with Crippen LogP contribution in [0.5, 0.6) is 0 Å². The summed E-state index contributed by atoms with van der Waals surface area (Å²) in [6, 6.07) is 12.6. The number of imidazole rings is 1. The Kier molecular flexibility index (Phi) is 7.55. The number of benzene rings is 2. The molecule has 1 N–H and O–H groups in total. The summed E-state index contributed by atoms with van der Waals surface area (Å²) < 4.78 is 53.1. The standard InChI is InChI=1S/C28H30F3N3O3S/c1-2-38(37)22-12-3-17(4-13-22)16-32-27(36)19-7-14-24-23(15-19)33-26(34(24)21-10-11-21)25(35)18-5-8-20(9-6-18)28(29,30)31/h3-4,7,12-15,18,20-21H,2,5-6,8-11,16H2,1H3,(H,32,36). The van der Waals surface area contributed by atoms with E-state index in [4.69, 9.17) is 0 Å². The van der Waals surface area contributed by atoms with Gasteiger partial charge in [0.2, 0.25) is 5.78 Å². The Morgan fingerprint density at radius 2 is 1.74 bits per heavy atom. The van der Waals surface area contributed by atoms with Gasteiger partial charge in [-0.3, -0.25) is 9.59 Å². The van der Waals surface area contributed by atoms with Crippen LogP contribution < -0.4 is 5.32 Å². The van der Waals surface area contributed by atoms with Gasteiger partial charge in [0.05, 0.1) is 17.0 Å². The summed E-state index contributed by atoms with van der Waals surface area (Å²) in [5.74, 6) is -1.46. The van der Waals surface area contributed by atoms with Gasteiger partial charge >= 0.3 is 6.18 Å². The van der Waals surface area contributed by atoms with Crippen LogP contribution in [0.15, 0.2) is 47.4 Å². The first-order valence-electron chi connectivity index (χ1n) is 13.0. The first-order chi connectivity index (χ1) is 18.2. The van der Waals surface area contributed by atoms with E-state index in [2.05, 4.69) is 10.3 Å². The number of ketones is 1. The molecule has 3 aromatic rings. The summed E-state index contributed by atoms with van der Waals surface area (Å²) in [5, 5.41) is 2.88. The van der Waals surface area contributed by atoms with Crippen molar-refractivity contribution in [3.8, 4) is 0 Å². The van der Waals surface area contributed by atoms with E-state index in [1.54, 1.807) is 30.3 Å². The van der Waals surface area contributed by atoms with E-state index in [1.807, 2.05) is 23.6 Å². The molecule has 1 heterocycles. The highest BCUT2D eigenvalue weighted by molar-refractivity contribution is 7.91. The normalized spacial score (nSPS) is 20.9. The molecule has 1 amide bonds. The van der Waals surface area contributed by atoms with Crippen molar-refractivity contribution in [3.63, 3.8) is 0 Å². The molecule has 38 heavy (non-hydrogen) atoms. The summed E-state index contributed by atoms with van der Waals surface area (Å²) in [6.45, 7) is 2.16. The van der Waals surface area contributed by atoms with E-state index in [1.165, 1.54) is 0 Å². The molecule has 2 saturated carbocycles. The Morgan fingerprint density at radius 3 is 2.34 bits per heavy atom. The van der Waals surface area contributed by atoms with E-state index >= 15 is 0 Å². The Morgan fingerprint density at radius 1 is 1.05 bits per heavy atom. The molecular weight excluding hydrogens is 515 g/mol. The second kappa shape index (κ2) is 10.7. The lowest BCUT2D eigenvalue weighted by Gasteiger charge is -2.28. The van der Waals surface area contributed by atoms with Gasteiger partial charge in [-0.2, -0.15) is 13.2 Å². The van der Waals surface area contributed by atoms with Gasteiger partial charge in [-0.05, 0) is 92.5 Å². The predicted molar refractivity (Wildman–Crippen MR) is 138 cm³/mol. The quantitative estimate of drug-likeness (QED) is 0.279. The maximum atomic E-state index is 13.4. The largest absolute Gasteiger partial charge is 0.611 e. The molecule has 6 nitrogen and oxygen atoms in total. The fraction of sp³-hybridized carbons (Fsp3) is 0.464. The summed E-state index contributed by atoms with van der Waals surface area (Å²) in [5.41, 5.74) is 2.58. The van der Waals surface area contributed by atoms with Crippen LogP contribution in [0.4, 0.5) is 13.2 Å². The Labute approximate surface area is 222 Å². The average Bonchev–Trinajstić information content (AvgIpc) is 3.69. The van der Waals surface area contributed by atoms with E-state index in [9.17, 15) is 27.3 Å². The van der Waals surface area contributed by atoms with Gasteiger partial charge in [-0.25, -0.2) is 4.98 Å². The number of carbonyl (C=O) groups excluding carboxylic acids is 2. The molecule has 0 aliphatic heterocycles. The number of aromatic nitrogens is 2.